The molecule has 0 aliphatic carbocycles. The molecule has 4 aromatic rings. The highest BCUT2D eigenvalue weighted by Crippen LogP contribution is 2.37. The van der Waals surface area contributed by atoms with Crippen molar-refractivity contribution in [1.29, 1.82) is 0 Å². The second-order valence-corrected chi connectivity index (χ2v) is 6.93. The second-order valence-electron chi connectivity index (χ2n) is 6.93. The van der Waals surface area contributed by atoms with E-state index in [1.165, 1.54) is 6.33 Å². The lowest BCUT2D eigenvalue weighted by Crippen LogP contribution is -1.96. The van der Waals surface area contributed by atoms with Gasteiger partial charge in [-0.3, -0.25) is 0 Å². The number of hydrogen-bond acceptors (Lipinski definition) is 5. The van der Waals surface area contributed by atoms with Gasteiger partial charge in [0, 0.05) is 23.4 Å². The summed E-state index contributed by atoms with van der Waals surface area (Å²) in [5.74, 6) is 1.44. The molecule has 1 aromatic heterocycles. The van der Waals surface area contributed by atoms with E-state index in [-0.39, 0.29) is 5.75 Å². The van der Waals surface area contributed by atoms with E-state index in [1.54, 1.807) is 31.5 Å². The topological polar surface area (TPSA) is 64.5 Å². The van der Waals surface area contributed by atoms with E-state index >= 15 is 0 Å². The third-order valence-corrected chi connectivity index (χ3v) is 4.96. The third-order valence-electron chi connectivity index (χ3n) is 4.96. The molecule has 0 saturated heterocycles. The molecule has 0 atom stereocenters. The lowest BCUT2D eigenvalue weighted by atomic mass is 10.00. The largest absolute Gasteiger partial charge is 0.507 e. The Bertz CT molecular complexity index is 1190. The zero-order valence-corrected chi connectivity index (χ0v) is 17.2. The molecule has 5 nitrogen and oxygen atoms in total. The van der Waals surface area contributed by atoms with Crippen molar-refractivity contribution in [2.45, 2.75) is 6.61 Å². The van der Waals surface area contributed by atoms with E-state index in [0.717, 1.165) is 28.0 Å². The van der Waals surface area contributed by atoms with Crippen molar-refractivity contribution >= 4 is 6.08 Å². The maximum absolute atomic E-state index is 10.7. The monoisotopic (exact) mass is 410 g/mol. The molecule has 0 radical (unpaired) electrons. The lowest BCUT2D eigenvalue weighted by Gasteiger charge is -2.12. The molecule has 0 bridgehead atoms. The van der Waals surface area contributed by atoms with Crippen LogP contribution in [-0.4, -0.2) is 22.2 Å². The van der Waals surface area contributed by atoms with Crippen LogP contribution in [0.4, 0.5) is 0 Å². The predicted octanol–water partition coefficient (Wildman–Crippen LogP) is 5.75. The minimum atomic E-state index is 0.0907. The predicted molar refractivity (Wildman–Crippen MR) is 122 cm³/mol. The van der Waals surface area contributed by atoms with Gasteiger partial charge in [0.2, 0.25) is 0 Å². The Morgan fingerprint density at radius 2 is 1.68 bits per heavy atom. The standard InChI is InChI=1S/C26H22N2O3/c1-3-18-4-6-19(7-5-18)16-31-22-12-13-23(25(29)14-22)26-24(15-27-17-28-26)20-8-10-21(30-2)11-9-20/h3-15,17,29H,1,16H2,2H3. The molecule has 0 amide bonds. The Kier molecular flexibility index (Phi) is 5.94. The highest BCUT2D eigenvalue weighted by molar-refractivity contribution is 5.83. The number of benzene rings is 3. The van der Waals surface area contributed by atoms with Gasteiger partial charge in [0.15, 0.2) is 0 Å². The quantitative estimate of drug-likeness (QED) is 0.420. The first-order valence-corrected chi connectivity index (χ1v) is 9.80. The van der Waals surface area contributed by atoms with E-state index in [2.05, 4.69) is 16.5 Å². The van der Waals surface area contributed by atoms with Gasteiger partial charge in [-0.1, -0.05) is 49.1 Å². The van der Waals surface area contributed by atoms with E-state index in [9.17, 15) is 5.11 Å². The molecule has 1 N–H and O–H groups in total. The average Bonchev–Trinajstić information content (AvgIpc) is 2.83. The summed E-state index contributed by atoms with van der Waals surface area (Å²) < 4.78 is 11.1. The summed E-state index contributed by atoms with van der Waals surface area (Å²) >= 11 is 0. The van der Waals surface area contributed by atoms with Crippen LogP contribution in [0.25, 0.3) is 28.5 Å². The number of nitrogens with zero attached hydrogens (tertiary/aromatic N) is 2. The molecule has 1 heterocycles. The van der Waals surface area contributed by atoms with Crippen LogP contribution in [0.5, 0.6) is 17.2 Å². The van der Waals surface area contributed by atoms with Gasteiger partial charge < -0.3 is 14.6 Å². The van der Waals surface area contributed by atoms with Crippen molar-refractivity contribution in [3.05, 3.63) is 97.0 Å². The SMILES string of the molecule is C=Cc1ccc(COc2ccc(-c3ncncc3-c3ccc(OC)cc3)c(O)c2)cc1. The molecule has 154 valence electrons. The van der Waals surface area contributed by atoms with E-state index in [4.69, 9.17) is 9.47 Å². The summed E-state index contributed by atoms with van der Waals surface area (Å²) in [5, 5.41) is 10.7. The van der Waals surface area contributed by atoms with Gasteiger partial charge in [-0.25, -0.2) is 9.97 Å². The molecule has 3 aromatic carbocycles. The molecule has 0 aliphatic heterocycles. The number of phenols is 1. The van der Waals surface area contributed by atoms with E-state index in [1.807, 2.05) is 54.6 Å². The van der Waals surface area contributed by atoms with Crippen LogP contribution in [0.2, 0.25) is 0 Å². The first-order chi connectivity index (χ1) is 15.2. The molecule has 0 unspecified atom stereocenters. The first kappa shape index (κ1) is 20.2. The van der Waals surface area contributed by atoms with Gasteiger partial charge in [-0.15, -0.1) is 0 Å². The number of aromatic hydroxyl groups is 1. The highest BCUT2D eigenvalue weighted by atomic mass is 16.5. The number of rotatable bonds is 7. The van der Waals surface area contributed by atoms with Gasteiger partial charge in [0.1, 0.15) is 30.2 Å². The van der Waals surface area contributed by atoms with Crippen molar-refractivity contribution in [1.82, 2.24) is 9.97 Å². The van der Waals surface area contributed by atoms with E-state index in [0.29, 0.717) is 23.6 Å². The lowest BCUT2D eigenvalue weighted by molar-refractivity contribution is 0.304. The zero-order valence-electron chi connectivity index (χ0n) is 17.2. The van der Waals surface area contributed by atoms with Crippen molar-refractivity contribution < 1.29 is 14.6 Å². The number of ether oxygens (including phenoxy) is 2. The smallest absolute Gasteiger partial charge is 0.128 e. The number of aromatic nitrogens is 2. The minimum absolute atomic E-state index is 0.0907. The van der Waals surface area contributed by atoms with Gasteiger partial charge in [0.25, 0.3) is 0 Å². The maximum Gasteiger partial charge on any atom is 0.128 e. The van der Waals surface area contributed by atoms with Gasteiger partial charge in [0.05, 0.1) is 12.8 Å². The molecule has 0 aliphatic rings. The molecule has 0 spiro atoms. The summed E-state index contributed by atoms with van der Waals surface area (Å²) in [5.41, 5.74) is 5.09. The molecule has 5 heteroatoms. The normalized spacial score (nSPS) is 10.5. The summed E-state index contributed by atoms with van der Waals surface area (Å²) in [4.78, 5) is 8.57. The van der Waals surface area contributed by atoms with Crippen molar-refractivity contribution in [3.8, 4) is 39.6 Å². The number of methoxy groups -OCH3 is 1. The Morgan fingerprint density at radius 1 is 0.935 bits per heavy atom. The number of hydrogen-bond donors (Lipinski definition) is 1. The molecule has 31 heavy (non-hydrogen) atoms. The second kappa shape index (κ2) is 9.13. The van der Waals surface area contributed by atoms with E-state index < -0.39 is 0 Å². The molecular formula is C26H22N2O3. The van der Waals surface area contributed by atoms with Gasteiger partial charge >= 0.3 is 0 Å². The summed E-state index contributed by atoms with van der Waals surface area (Å²) in [6.07, 6.45) is 5.01. The van der Waals surface area contributed by atoms with Crippen LogP contribution in [0.15, 0.2) is 85.8 Å². The van der Waals surface area contributed by atoms with Gasteiger partial charge in [-0.05, 0) is 41.0 Å². The molecule has 0 fully saturated rings. The van der Waals surface area contributed by atoms with Crippen molar-refractivity contribution in [2.24, 2.45) is 0 Å². The zero-order chi connectivity index (χ0) is 21.6. The highest BCUT2D eigenvalue weighted by Gasteiger charge is 2.14. The van der Waals surface area contributed by atoms with Crippen molar-refractivity contribution in [2.75, 3.05) is 7.11 Å². The van der Waals surface area contributed by atoms with Crippen LogP contribution in [0.1, 0.15) is 11.1 Å². The first-order valence-electron chi connectivity index (χ1n) is 9.80. The minimum Gasteiger partial charge on any atom is -0.507 e. The summed E-state index contributed by atoms with van der Waals surface area (Å²) in [7, 11) is 1.63. The fourth-order valence-corrected chi connectivity index (χ4v) is 3.24. The van der Waals surface area contributed by atoms with Crippen LogP contribution in [-0.2, 0) is 6.61 Å². The summed E-state index contributed by atoms with van der Waals surface area (Å²) in [6, 6.07) is 20.8. The van der Waals surface area contributed by atoms with Crippen LogP contribution in [0.3, 0.4) is 0 Å². The Balaban J connectivity index is 1.57. The van der Waals surface area contributed by atoms with Crippen LogP contribution in [0, 0.1) is 0 Å². The Labute approximate surface area is 181 Å². The maximum atomic E-state index is 10.7. The Hall–Kier alpha value is -4.12. The Morgan fingerprint density at radius 3 is 2.35 bits per heavy atom. The molecule has 4 rings (SSSR count). The fourth-order valence-electron chi connectivity index (χ4n) is 3.24. The number of phenolic OH excluding ortho intramolecular Hbond substituents is 1. The molecular weight excluding hydrogens is 388 g/mol. The summed E-state index contributed by atoms with van der Waals surface area (Å²) in [6.45, 7) is 4.16. The fraction of sp³-hybridized carbons (Fsp3) is 0.0769. The third kappa shape index (κ3) is 4.56. The van der Waals surface area contributed by atoms with Crippen LogP contribution < -0.4 is 9.47 Å². The van der Waals surface area contributed by atoms with Crippen molar-refractivity contribution in [3.63, 3.8) is 0 Å². The molecule has 0 saturated carbocycles. The van der Waals surface area contributed by atoms with Gasteiger partial charge in [-0.2, -0.15) is 0 Å². The van der Waals surface area contributed by atoms with Crippen LogP contribution >= 0.6 is 0 Å². The average molecular weight is 410 g/mol.